The summed E-state index contributed by atoms with van der Waals surface area (Å²) in [6.07, 6.45) is 1.60. The number of hydrogen-bond donors (Lipinski definition) is 2. The van der Waals surface area contributed by atoms with Crippen molar-refractivity contribution in [2.45, 2.75) is 11.8 Å². The number of amides is 1. The molecule has 1 aliphatic heterocycles. The van der Waals surface area contributed by atoms with Gasteiger partial charge in [-0.25, -0.2) is 13.8 Å². The summed E-state index contributed by atoms with van der Waals surface area (Å²) in [6, 6.07) is 16.4. The van der Waals surface area contributed by atoms with E-state index < -0.39 is 10.0 Å². The fraction of sp³-hybridized carbons (Fsp3) is 0.300. The van der Waals surface area contributed by atoms with Crippen LogP contribution in [0.25, 0.3) is 0 Å². The van der Waals surface area contributed by atoms with E-state index in [1.165, 1.54) is 4.31 Å². The summed E-state index contributed by atoms with van der Waals surface area (Å²) in [5, 5.41) is 3.96. The van der Waals surface area contributed by atoms with Gasteiger partial charge >= 0.3 is 0 Å². The Hall–Kier alpha value is -2.55. The van der Waals surface area contributed by atoms with Crippen LogP contribution in [0, 0.1) is 6.92 Å². The molecule has 1 aliphatic rings. The van der Waals surface area contributed by atoms with E-state index in [1.807, 2.05) is 37.3 Å². The highest BCUT2D eigenvalue weighted by Crippen LogP contribution is 2.16. The van der Waals surface area contributed by atoms with Crippen LogP contribution in [0.15, 0.2) is 64.6 Å². The van der Waals surface area contributed by atoms with Gasteiger partial charge in [0, 0.05) is 0 Å². The van der Waals surface area contributed by atoms with Gasteiger partial charge in [0.25, 0.3) is 5.91 Å². The lowest BCUT2D eigenvalue weighted by molar-refractivity contribution is -0.895. The van der Waals surface area contributed by atoms with Crippen molar-refractivity contribution >= 4 is 22.1 Å². The Morgan fingerprint density at radius 2 is 1.75 bits per heavy atom. The number of hydrazone groups is 1. The summed E-state index contributed by atoms with van der Waals surface area (Å²) in [7, 11) is -3.48. The van der Waals surface area contributed by atoms with Gasteiger partial charge in [0.2, 0.25) is 10.0 Å². The van der Waals surface area contributed by atoms with E-state index in [9.17, 15) is 13.2 Å². The number of aryl methyl sites for hydroxylation is 1. The third-order valence-corrected chi connectivity index (χ3v) is 6.61. The highest BCUT2D eigenvalue weighted by Gasteiger charge is 2.30. The fourth-order valence-corrected chi connectivity index (χ4v) is 4.50. The van der Waals surface area contributed by atoms with Crippen molar-refractivity contribution in [3.05, 3.63) is 65.7 Å². The molecule has 2 aromatic carbocycles. The molecule has 3 rings (SSSR count). The summed E-state index contributed by atoms with van der Waals surface area (Å²) in [5.74, 6) is -0.183. The molecular weight excluding hydrogens is 376 g/mol. The van der Waals surface area contributed by atoms with E-state index >= 15 is 0 Å². The van der Waals surface area contributed by atoms with Crippen molar-refractivity contribution in [1.29, 1.82) is 0 Å². The summed E-state index contributed by atoms with van der Waals surface area (Å²) >= 11 is 0. The molecule has 8 heteroatoms. The fourth-order valence-electron chi connectivity index (χ4n) is 3.06. The van der Waals surface area contributed by atoms with E-state index in [4.69, 9.17) is 0 Å². The van der Waals surface area contributed by atoms with Gasteiger partial charge in [0.15, 0.2) is 6.54 Å². The molecule has 2 aromatic rings. The Labute approximate surface area is 165 Å². The van der Waals surface area contributed by atoms with Crippen LogP contribution >= 0.6 is 0 Å². The SMILES string of the molecule is Cc1ccc(S(=O)(=O)N2CC[NH+](CC(=O)NN=Cc3ccccc3)CC2)cc1. The molecule has 1 saturated heterocycles. The molecule has 1 fully saturated rings. The van der Waals surface area contributed by atoms with E-state index in [0.29, 0.717) is 31.1 Å². The van der Waals surface area contributed by atoms with Crippen molar-refractivity contribution in [2.24, 2.45) is 5.10 Å². The van der Waals surface area contributed by atoms with Crippen LogP contribution in [0.1, 0.15) is 11.1 Å². The van der Waals surface area contributed by atoms with Gasteiger partial charge in [-0.05, 0) is 24.6 Å². The monoisotopic (exact) mass is 401 g/mol. The number of quaternary nitrogens is 1. The number of piperazine rings is 1. The Morgan fingerprint density at radius 3 is 2.39 bits per heavy atom. The topological polar surface area (TPSA) is 83.3 Å². The molecule has 0 spiro atoms. The molecule has 0 atom stereocenters. The molecular formula is C20H25N4O3S+. The molecule has 0 aromatic heterocycles. The minimum absolute atomic E-state index is 0.183. The van der Waals surface area contributed by atoms with Crippen molar-refractivity contribution < 1.29 is 18.1 Å². The van der Waals surface area contributed by atoms with Gasteiger partial charge in [0.05, 0.1) is 37.3 Å². The maximum absolute atomic E-state index is 12.7. The second-order valence-corrected chi connectivity index (χ2v) is 8.79. The third kappa shape index (κ3) is 5.25. The normalized spacial score (nSPS) is 16.3. The van der Waals surface area contributed by atoms with Crippen LogP contribution in [-0.2, 0) is 14.8 Å². The molecule has 0 bridgehead atoms. The van der Waals surface area contributed by atoms with E-state index in [1.54, 1.807) is 30.5 Å². The molecule has 1 heterocycles. The van der Waals surface area contributed by atoms with Crippen LogP contribution in [0.3, 0.4) is 0 Å². The van der Waals surface area contributed by atoms with Gasteiger partial charge in [-0.1, -0.05) is 48.0 Å². The van der Waals surface area contributed by atoms with Gasteiger partial charge in [-0.15, -0.1) is 0 Å². The van der Waals surface area contributed by atoms with Gasteiger partial charge in [-0.3, -0.25) is 4.79 Å². The number of nitrogens with one attached hydrogen (secondary N) is 2. The summed E-state index contributed by atoms with van der Waals surface area (Å²) in [4.78, 5) is 13.4. The van der Waals surface area contributed by atoms with Gasteiger partial charge < -0.3 is 4.90 Å². The minimum atomic E-state index is -3.48. The van der Waals surface area contributed by atoms with E-state index in [2.05, 4.69) is 10.5 Å². The van der Waals surface area contributed by atoms with E-state index in [-0.39, 0.29) is 12.5 Å². The zero-order valence-corrected chi connectivity index (χ0v) is 16.7. The van der Waals surface area contributed by atoms with Crippen LogP contribution in [0.2, 0.25) is 0 Å². The standard InChI is InChI=1S/C20H24N4O3S/c1-17-7-9-19(10-8-17)28(26,27)24-13-11-23(12-14-24)16-20(25)22-21-15-18-5-3-2-4-6-18/h2-10,15H,11-14,16H2,1H3,(H,22,25)/p+1. The zero-order valence-electron chi connectivity index (χ0n) is 15.8. The first kappa shape index (κ1) is 20.2. The largest absolute Gasteiger partial charge is 0.325 e. The molecule has 28 heavy (non-hydrogen) atoms. The molecule has 148 valence electrons. The Balaban J connectivity index is 1.48. The molecule has 7 nitrogen and oxygen atoms in total. The summed E-state index contributed by atoms with van der Waals surface area (Å²) in [6.45, 7) is 4.15. The van der Waals surface area contributed by atoms with Crippen molar-refractivity contribution in [3.63, 3.8) is 0 Å². The number of carbonyl (C=O) groups is 1. The van der Waals surface area contributed by atoms with E-state index in [0.717, 1.165) is 16.0 Å². The van der Waals surface area contributed by atoms with Crippen LogP contribution in [-0.4, -0.2) is 57.6 Å². The maximum Gasteiger partial charge on any atom is 0.295 e. The van der Waals surface area contributed by atoms with Crippen LogP contribution < -0.4 is 10.3 Å². The average molecular weight is 402 g/mol. The Kier molecular flexibility index (Phi) is 6.56. The average Bonchev–Trinajstić information content (AvgIpc) is 2.69. The lowest BCUT2D eigenvalue weighted by Crippen LogP contribution is -3.15. The van der Waals surface area contributed by atoms with Gasteiger partial charge in [0.1, 0.15) is 0 Å². The summed E-state index contributed by atoms with van der Waals surface area (Å²) < 4.78 is 26.9. The first-order chi connectivity index (χ1) is 13.4. The number of rotatable bonds is 6. The predicted molar refractivity (Wildman–Crippen MR) is 108 cm³/mol. The van der Waals surface area contributed by atoms with Crippen LogP contribution in [0.5, 0.6) is 0 Å². The lowest BCUT2D eigenvalue weighted by Gasteiger charge is -2.31. The van der Waals surface area contributed by atoms with Gasteiger partial charge in [-0.2, -0.15) is 9.41 Å². The number of hydrogen-bond acceptors (Lipinski definition) is 4. The number of benzene rings is 2. The number of sulfonamides is 1. The molecule has 1 amide bonds. The quantitative estimate of drug-likeness (QED) is 0.529. The lowest BCUT2D eigenvalue weighted by atomic mass is 10.2. The Bertz CT molecular complexity index is 920. The smallest absolute Gasteiger partial charge is 0.295 e. The predicted octanol–water partition coefficient (Wildman–Crippen LogP) is 0.0345. The Morgan fingerprint density at radius 1 is 1.11 bits per heavy atom. The van der Waals surface area contributed by atoms with Crippen molar-refractivity contribution in [3.8, 4) is 0 Å². The molecule has 0 unspecified atom stereocenters. The maximum atomic E-state index is 12.7. The highest BCUT2D eigenvalue weighted by atomic mass is 32.2. The molecule has 0 saturated carbocycles. The van der Waals surface area contributed by atoms with Crippen LogP contribution in [0.4, 0.5) is 0 Å². The second kappa shape index (κ2) is 9.09. The number of carbonyl (C=O) groups excluding carboxylic acids is 1. The highest BCUT2D eigenvalue weighted by molar-refractivity contribution is 7.89. The van der Waals surface area contributed by atoms with Crippen molar-refractivity contribution in [2.75, 3.05) is 32.7 Å². The number of nitrogens with zero attached hydrogens (tertiary/aromatic N) is 2. The molecule has 0 radical (unpaired) electrons. The zero-order chi connectivity index (χ0) is 20.0. The minimum Gasteiger partial charge on any atom is -0.325 e. The molecule has 2 N–H and O–H groups in total. The third-order valence-electron chi connectivity index (χ3n) is 4.70. The first-order valence-corrected chi connectivity index (χ1v) is 10.7. The van der Waals surface area contributed by atoms with Crippen molar-refractivity contribution in [1.82, 2.24) is 9.73 Å². The first-order valence-electron chi connectivity index (χ1n) is 9.22. The summed E-state index contributed by atoms with van der Waals surface area (Å²) in [5.41, 5.74) is 4.46. The molecule has 0 aliphatic carbocycles. The second-order valence-electron chi connectivity index (χ2n) is 6.85.